The Morgan fingerprint density at radius 3 is 1.16 bits per heavy atom. The van der Waals surface area contributed by atoms with Crippen LogP contribution in [0.5, 0.6) is 5.75 Å². The van der Waals surface area contributed by atoms with E-state index in [2.05, 4.69) is 13.8 Å². The number of rotatable bonds is 29. The number of hydrogen-bond donors (Lipinski definition) is 3. The van der Waals surface area contributed by atoms with Gasteiger partial charge < -0.3 is 15.3 Å². The minimum Gasteiger partial charge on any atom is -0.507 e. The molecule has 0 bridgehead atoms. The van der Waals surface area contributed by atoms with E-state index >= 15 is 0 Å². The third kappa shape index (κ3) is 17.7. The zero-order valence-electron chi connectivity index (χ0n) is 33.9. The van der Waals surface area contributed by atoms with Crippen LogP contribution >= 0.6 is 0 Å². The van der Waals surface area contributed by atoms with E-state index in [-0.39, 0.29) is 40.3 Å². The number of carboxylic acids is 2. The van der Waals surface area contributed by atoms with Crippen molar-refractivity contribution >= 4 is 22.8 Å². The second-order valence-electron chi connectivity index (χ2n) is 17.2. The van der Waals surface area contributed by atoms with Gasteiger partial charge in [-0.2, -0.15) is 0 Å². The highest BCUT2D eigenvalue weighted by Crippen LogP contribution is 2.41. The van der Waals surface area contributed by atoms with Gasteiger partial charge in [-0.15, -0.1) is 0 Å². The standard InChI is InChI=1S/C44H78O5S/c1-9-11-13-15-17-19-21-23-25-27-30-50(31-28-26-24-22-20-18-16-14-12-10-2)32-29-44(40(46)47,41(48)49)35-36-33-37(42(3,4)5)39(45)38(34-36)43(6,7)8/h33-34H,9-32,35H2,1-8H3,(H2-,45,46,47,48,49)/p+1. The molecule has 0 saturated heterocycles. The van der Waals surface area contributed by atoms with E-state index in [1.54, 1.807) is 0 Å². The first-order chi connectivity index (χ1) is 23.6. The van der Waals surface area contributed by atoms with E-state index in [0.717, 1.165) is 35.5 Å². The lowest BCUT2D eigenvalue weighted by Crippen LogP contribution is -2.43. The van der Waals surface area contributed by atoms with Gasteiger partial charge in [0, 0.05) is 6.42 Å². The molecule has 0 aliphatic rings. The highest BCUT2D eigenvalue weighted by atomic mass is 32.2. The van der Waals surface area contributed by atoms with E-state index in [4.69, 9.17) is 0 Å². The van der Waals surface area contributed by atoms with Crippen molar-refractivity contribution in [1.82, 2.24) is 0 Å². The monoisotopic (exact) mass is 720 g/mol. The molecule has 3 N–H and O–H groups in total. The highest BCUT2D eigenvalue weighted by Gasteiger charge is 2.48. The molecule has 0 aliphatic heterocycles. The van der Waals surface area contributed by atoms with Gasteiger partial charge in [0.05, 0.1) is 0 Å². The average molecular weight is 720 g/mol. The molecule has 0 atom stereocenters. The first-order valence-electron chi connectivity index (χ1n) is 20.6. The lowest BCUT2D eigenvalue weighted by atomic mass is 9.74. The molecule has 0 spiro atoms. The van der Waals surface area contributed by atoms with E-state index in [0.29, 0.717) is 11.3 Å². The lowest BCUT2D eigenvalue weighted by Gasteiger charge is -2.30. The SMILES string of the molecule is CCCCCCCCCCCC[S+](CCCCCCCCCCCC)CCC(Cc1cc(C(C)(C)C)c(O)c(C(C)(C)C)c1)(C(=O)O)C(=O)O. The maximum Gasteiger partial charge on any atom is 0.321 e. The van der Waals surface area contributed by atoms with Gasteiger partial charge in [0.2, 0.25) is 0 Å². The molecule has 5 nitrogen and oxygen atoms in total. The molecule has 0 aliphatic carbocycles. The molecule has 0 radical (unpaired) electrons. The summed E-state index contributed by atoms with van der Waals surface area (Å²) < 4.78 is 0. The third-order valence-electron chi connectivity index (χ3n) is 10.5. The minimum absolute atomic E-state index is 0.00541. The van der Waals surface area contributed by atoms with Crippen LogP contribution in [-0.2, 0) is 37.7 Å². The molecule has 50 heavy (non-hydrogen) atoms. The second kappa shape index (κ2) is 24.5. The molecule has 0 aromatic heterocycles. The number of phenolic OH excluding ortho intramolecular Hbond substituents is 1. The maximum atomic E-state index is 13.0. The summed E-state index contributed by atoms with van der Waals surface area (Å²) in [7, 11) is 0.00541. The van der Waals surface area contributed by atoms with Crippen LogP contribution in [0.1, 0.15) is 207 Å². The number of hydrogen-bond acceptors (Lipinski definition) is 3. The first kappa shape index (κ1) is 46.3. The predicted molar refractivity (Wildman–Crippen MR) is 217 cm³/mol. The van der Waals surface area contributed by atoms with Crippen LogP contribution in [0.25, 0.3) is 0 Å². The smallest absolute Gasteiger partial charge is 0.321 e. The molecule has 0 unspecified atom stereocenters. The van der Waals surface area contributed by atoms with Gasteiger partial charge in [-0.25, -0.2) is 0 Å². The Morgan fingerprint density at radius 2 is 0.860 bits per heavy atom. The molecule has 1 aromatic carbocycles. The van der Waals surface area contributed by atoms with Gasteiger partial charge in [0.15, 0.2) is 5.41 Å². The van der Waals surface area contributed by atoms with Crippen LogP contribution in [0.4, 0.5) is 0 Å². The zero-order valence-corrected chi connectivity index (χ0v) is 34.7. The number of benzene rings is 1. The molecule has 0 fully saturated rings. The number of unbranched alkanes of at least 4 members (excludes halogenated alkanes) is 18. The van der Waals surface area contributed by atoms with Crippen LogP contribution in [0.15, 0.2) is 12.1 Å². The largest absolute Gasteiger partial charge is 0.507 e. The third-order valence-corrected chi connectivity index (χ3v) is 13.0. The summed E-state index contributed by atoms with van der Waals surface area (Å²) in [5.74, 6) is 0.502. The van der Waals surface area contributed by atoms with Crippen molar-refractivity contribution in [3.8, 4) is 5.75 Å². The second-order valence-corrected chi connectivity index (χ2v) is 19.7. The van der Waals surface area contributed by atoms with Crippen LogP contribution in [0.3, 0.4) is 0 Å². The summed E-state index contributed by atoms with van der Waals surface area (Å²) in [6.45, 7) is 16.6. The van der Waals surface area contributed by atoms with Crippen LogP contribution in [0.2, 0.25) is 0 Å². The summed E-state index contributed by atoms with van der Waals surface area (Å²) in [5.41, 5.74) is -0.538. The zero-order chi connectivity index (χ0) is 37.6. The fraction of sp³-hybridized carbons (Fsp3) is 0.818. The normalized spacial score (nSPS) is 12.6. The molecule has 6 heteroatoms. The molecule has 1 rings (SSSR count). The van der Waals surface area contributed by atoms with E-state index in [1.807, 2.05) is 53.7 Å². The van der Waals surface area contributed by atoms with Crippen molar-refractivity contribution in [3.05, 3.63) is 28.8 Å². The van der Waals surface area contributed by atoms with Gasteiger partial charge >= 0.3 is 11.9 Å². The summed E-state index contributed by atoms with van der Waals surface area (Å²) in [6, 6.07) is 3.69. The molecule has 1 aromatic rings. The van der Waals surface area contributed by atoms with Gasteiger partial charge in [-0.05, 0) is 70.5 Å². The summed E-state index contributed by atoms with van der Waals surface area (Å²) in [4.78, 5) is 25.9. The summed E-state index contributed by atoms with van der Waals surface area (Å²) in [6.07, 6.45) is 25.8. The Balaban J connectivity index is 3.02. The number of aliphatic carboxylic acids is 2. The van der Waals surface area contributed by atoms with E-state index in [9.17, 15) is 24.9 Å². The van der Waals surface area contributed by atoms with Gasteiger partial charge in [-0.1, -0.05) is 170 Å². The quantitative estimate of drug-likeness (QED) is 0.0435. The minimum atomic E-state index is -1.90. The Morgan fingerprint density at radius 1 is 0.540 bits per heavy atom. The average Bonchev–Trinajstić information content (AvgIpc) is 3.03. The maximum absolute atomic E-state index is 13.0. The molecular formula is C44H79O5S+. The number of aromatic hydroxyl groups is 1. The number of carboxylic acid groups (broad SMARTS) is 2. The number of phenols is 1. The topological polar surface area (TPSA) is 94.8 Å². The summed E-state index contributed by atoms with van der Waals surface area (Å²) >= 11 is 0. The first-order valence-corrected chi connectivity index (χ1v) is 22.3. The predicted octanol–water partition coefficient (Wildman–Crippen LogP) is 12.5. The van der Waals surface area contributed by atoms with Gasteiger partial charge in [0.1, 0.15) is 23.0 Å². The van der Waals surface area contributed by atoms with Crippen LogP contribution < -0.4 is 0 Å². The van der Waals surface area contributed by atoms with Crippen LogP contribution in [-0.4, -0.2) is 44.5 Å². The van der Waals surface area contributed by atoms with Crippen molar-refractivity contribution in [3.63, 3.8) is 0 Å². The van der Waals surface area contributed by atoms with Crippen molar-refractivity contribution in [2.75, 3.05) is 17.3 Å². The Hall–Kier alpha value is -1.69. The molecule has 290 valence electrons. The van der Waals surface area contributed by atoms with Crippen molar-refractivity contribution in [2.24, 2.45) is 5.41 Å². The van der Waals surface area contributed by atoms with Gasteiger partial charge in [-0.3, -0.25) is 9.59 Å². The molecular weight excluding hydrogens is 641 g/mol. The Bertz CT molecular complexity index is 1010. The Labute approximate surface area is 311 Å². The van der Waals surface area contributed by atoms with Crippen molar-refractivity contribution in [2.45, 2.75) is 207 Å². The fourth-order valence-corrected chi connectivity index (χ4v) is 9.52. The Kier molecular flexibility index (Phi) is 22.7. The van der Waals surface area contributed by atoms with Crippen molar-refractivity contribution in [1.29, 1.82) is 0 Å². The van der Waals surface area contributed by atoms with Crippen LogP contribution in [0, 0.1) is 5.41 Å². The highest BCUT2D eigenvalue weighted by molar-refractivity contribution is 7.96. The molecule has 0 saturated carbocycles. The lowest BCUT2D eigenvalue weighted by molar-refractivity contribution is -0.164. The van der Waals surface area contributed by atoms with Gasteiger partial charge in [0.25, 0.3) is 0 Å². The molecule has 0 amide bonds. The van der Waals surface area contributed by atoms with Crippen molar-refractivity contribution < 1.29 is 24.9 Å². The number of carbonyl (C=O) groups is 2. The summed E-state index contributed by atoms with van der Waals surface area (Å²) in [5, 5.41) is 32.4. The fourth-order valence-electron chi connectivity index (χ4n) is 7.05. The van der Waals surface area contributed by atoms with E-state index in [1.165, 1.54) is 116 Å². The van der Waals surface area contributed by atoms with E-state index < -0.39 is 17.4 Å². The molecule has 0 heterocycles.